The van der Waals surface area contributed by atoms with E-state index in [1.54, 1.807) is 6.08 Å². The molecule has 0 fully saturated rings. The van der Waals surface area contributed by atoms with Crippen LogP contribution in [0.1, 0.15) is 25.0 Å². The fraction of sp³-hybridized carbons (Fsp3) is 0.250. The maximum absolute atomic E-state index is 12.5. The third-order valence-electron chi connectivity index (χ3n) is 4.13. The van der Waals surface area contributed by atoms with Crippen molar-refractivity contribution < 1.29 is 19.4 Å². The minimum Gasteiger partial charge on any atom is -0.504 e. The van der Waals surface area contributed by atoms with E-state index in [2.05, 4.69) is 20.7 Å². The van der Waals surface area contributed by atoms with Gasteiger partial charge in [-0.25, -0.2) is 0 Å². The summed E-state index contributed by atoms with van der Waals surface area (Å²) in [7, 11) is 4.07. The first-order chi connectivity index (χ1) is 12.6. The predicted octanol–water partition coefficient (Wildman–Crippen LogP) is 3.89. The van der Waals surface area contributed by atoms with Crippen LogP contribution in [0.5, 0.6) is 17.2 Å². The highest BCUT2D eigenvalue weighted by atomic mass is 31.0. The van der Waals surface area contributed by atoms with Gasteiger partial charge >= 0.3 is 0 Å². The first-order valence-electron chi connectivity index (χ1n) is 8.26. The van der Waals surface area contributed by atoms with Gasteiger partial charge in [0.1, 0.15) is 0 Å². The number of fused-ring (bicyclic) bond motifs is 1. The van der Waals surface area contributed by atoms with Crippen molar-refractivity contribution in [2.75, 3.05) is 13.3 Å². The Morgan fingerprint density at radius 1 is 1.19 bits per heavy atom. The molecule has 1 aliphatic carbocycles. The number of hydrogen-bond acceptors (Lipinski definition) is 5. The number of allylic oxidation sites excluding steroid dienone is 4. The maximum Gasteiger partial charge on any atom is 0.235 e. The quantitative estimate of drug-likeness (QED) is 0.458. The topological polar surface area (TPSA) is 79.9 Å². The van der Waals surface area contributed by atoms with Gasteiger partial charge in [0, 0.05) is 5.57 Å². The zero-order valence-corrected chi connectivity index (χ0v) is 15.5. The van der Waals surface area contributed by atoms with Crippen LogP contribution in [0.25, 0.3) is 16.5 Å². The van der Waals surface area contributed by atoms with E-state index in [1.807, 2.05) is 6.08 Å². The molecule has 1 aliphatic rings. The average molecular weight is 370 g/mol. The van der Waals surface area contributed by atoms with Crippen LogP contribution >= 0.6 is 9.24 Å². The molecule has 6 heteroatoms. The van der Waals surface area contributed by atoms with Crippen LogP contribution in [0.15, 0.2) is 50.5 Å². The molecule has 2 N–H and O–H groups in total. The molecule has 1 heterocycles. The second-order valence-electron chi connectivity index (χ2n) is 5.87. The summed E-state index contributed by atoms with van der Waals surface area (Å²) in [4.78, 5) is 12.5. The molecule has 0 bridgehead atoms. The molecule has 0 radical (unpaired) electrons. The molecule has 134 valence electrons. The van der Waals surface area contributed by atoms with Crippen molar-refractivity contribution in [3.63, 3.8) is 0 Å². The molecule has 1 aromatic heterocycles. The van der Waals surface area contributed by atoms with Gasteiger partial charge in [-0.3, -0.25) is 4.79 Å². The summed E-state index contributed by atoms with van der Waals surface area (Å²) in [5, 5.41) is 20.3. The number of aromatic hydroxyl groups is 2. The van der Waals surface area contributed by atoms with Crippen molar-refractivity contribution in [1.82, 2.24) is 0 Å². The predicted molar refractivity (Wildman–Crippen MR) is 104 cm³/mol. The number of rotatable bonds is 6. The lowest BCUT2D eigenvalue weighted by atomic mass is 10.0. The monoisotopic (exact) mass is 370 g/mol. The Labute approximate surface area is 152 Å². The summed E-state index contributed by atoms with van der Waals surface area (Å²) >= 11 is 0. The first-order valence-corrected chi connectivity index (χ1v) is 9.07. The second kappa shape index (κ2) is 7.68. The second-order valence-corrected chi connectivity index (χ2v) is 6.45. The lowest BCUT2D eigenvalue weighted by molar-refractivity contribution is 0.367. The summed E-state index contributed by atoms with van der Waals surface area (Å²) in [5.41, 5.74) is 6.86. The molecule has 5 nitrogen and oxygen atoms in total. The van der Waals surface area contributed by atoms with Gasteiger partial charge in [-0.15, -0.1) is 9.24 Å². The van der Waals surface area contributed by atoms with Crippen molar-refractivity contribution in [3.8, 4) is 17.2 Å². The van der Waals surface area contributed by atoms with Crippen LogP contribution in [0.3, 0.4) is 0 Å². The fourth-order valence-corrected chi connectivity index (χ4v) is 3.03. The number of ether oxygens (including phenoxy) is 1. The number of methoxy groups -OCH3 is 1. The SMILES string of the molecule is COc1c(O)ccc2c(=O)c(O)c(C3=C=C=C(CCCCP)C=C3)oc12. The zero-order chi connectivity index (χ0) is 18.7. The van der Waals surface area contributed by atoms with Crippen molar-refractivity contribution in [2.45, 2.75) is 19.3 Å². The Morgan fingerprint density at radius 2 is 2.00 bits per heavy atom. The lowest BCUT2D eigenvalue weighted by Crippen LogP contribution is -2.05. The third-order valence-corrected chi connectivity index (χ3v) is 4.54. The molecular formula is C20H19O5P. The molecule has 0 saturated carbocycles. The normalized spacial score (nSPS) is 13.0. The lowest BCUT2D eigenvalue weighted by Gasteiger charge is -2.10. The van der Waals surface area contributed by atoms with Gasteiger partial charge in [-0.05, 0) is 49.7 Å². The summed E-state index contributed by atoms with van der Waals surface area (Å²) in [6.45, 7) is 0. The van der Waals surface area contributed by atoms with Gasteiger partial charge in [0.05, 0.1) is 18.1 Å². The third kappa shape index (κ3) is 3.34. The van der Waals surface area contributed by atoms with E-state index in [1.165, 1.54) is 19.2 Å². The minimum atomic E-state index is -0.600. The maximum atomic E-state index is 12.5. The smallest absolute Gasteiger partial charge is 0.235 e. The molecule has 1 unspecified atom stereocenters. The molecule has 1 atom stereocenters. The summed E-state index contributed by atoms with van der Waals surface area (Å²) in [6, 6.07) is 2.70. The van der Waals surface area contributed by atoms with E-state index in [9.17, 15) is 15.0 Å². The molecule has 0 spiro atoms. The molecule has 26 heavy (non-hydrogen) atoms. The van der Waals surface area contributed by atoms with Crippen LogP contribution in [0, 0.1) is 0 Å². The summed E-state index contributed by atoms with van der Waals surface area (Å²) in [5.74, 6) is -0.650. The molecule has 0 aliphatic heterocycles. The Kier molecular flexibility index (Phi) is 5.35. The number of phenolic OH excluding ortho intramolecular Hbond substituents is 1. The molecule has 1 aromatic carbocycles. The Morgan fingerprint density at radius 3 is 2.65 bits per heavy atom. The van der Waals surface area contributed by atoms with Crippen LogP contribution < -0.4 is 10.2 Å². The highest BCUT2D eigenvalue weighted by molar-refractivity contribution is 7.16. The molecule has 2 aromatic rings. The van der Waals surface area contributed by atoms with E-state index >= 15 is 0 Å². The van der Waals surface area contributed by atoms with Crippen LogP contribution in [-0.4, -0.2) is 23.5 Å². The molecular weight excluding hydrogens is 351 g/mol. The Hall–Kier alpha value is -2.70. The van der Waals surface area contributed by atoms with Crippen LogP contribution in [-0.2, 0) is 0 Å². The van der Waals surface area contributed by atoms with Crippen molar-refractivity contribution in [1.29, 1.82) is 0 Å². The van der Waals surface area contributed by atoms with E-state index in [0.717, 1.165) is 31.0 Å². The standard InChI is InChI=1S/C20H19O5P/c1-24-20-15(21)10-9-14-16(22)17(23)18(25-19(14)20)13-7-5-12(6-8-13)4-2-3-11-26/h5,7,9-10,21,23H,2-4,11,26H2,1H3. The van der Waals surface area contributed by atoms with Gasteiger partial charge in [0.2, 0.25) is 16.9 Å². The van der Waals surface area contributed by atoms with E-state index < -0.39 is 11.2 Å². The number of phenols is 1. The van der Waals surface area contributed by atoms with Crippen molar-refractivity contribution in [2.24, 2.45) is 0 Å². The summed E-state index contributed by atoms with van der Waals surface area (Å²) in [6.07, 6.45) is 7.72. The van der Waals surface area contributed by atoms with Gasteiger partial charge in [-0.1, -0.05) is 11.5 Å². The van der Waals surface area contributed by atoms with E-state index in [4.69, 9.17) is 9.15 Å². The van der Waals surface area contributed by atoms with Crippen LogP contribution in [0.4, 0.5) is 0 Å². The van der Waals surface area contributed by atoms with E-state index in [0.29, 0.717) is 5.57 Å². The van der Waals surface area contributed by atoms with Gasteiger partial charge < -0.3 is 19.4 Å². The Balaban J connectivity index is 2.15. The van der Waals surface area contributed by atoms with Crippen LogP contribution in [0.2, 0.25) is 0 Å². The molecule has 0 saturated heterocycles. The number of benzene rings is 1. The largest absolute Gasteiger partial charge is 0.504 e. The minimum absolute atomic E-state index is 0.0286. The summed E-state index contributed by atoms with van der Waals surface area (Å²) < 4.78 is 10.8. The van der Waals surface area contributed by atoms with Gasteiger partial charge in [-0.2, -0.15) is 0 Å². The van der Waals surface area contributed by atoms with Gasteiger partial charge in [0.25, 0.3) is 0 Å². The first kappa shape index (κ1) is 18.1. The molecule has 3 rings (SSSR count). The number of unbranched alkanes of at least 4 members (excludes halogenated alkanes) is 1. The van der Waals surface area contributed by atoms with Crippen molar-refractivity contribution in [3.05, 3.63) is 57.3 Å². The van der Waals surface area contributed by atoms with E-state index in [-0.39, 0.29) is 28.2 Å². The molecule has 0 amide bonds. The fourth-order valence-electron chi connectivity index (χ4n) is 2.75. The van der Waals surface area contributed by atoms with Crippen molar-refractivity contribution >= 4 is 25.8 Å². The Bertz CT molecular complexity index is 1050. The van der Waals surface area contributed by atoms with Gasteiger partial charge in [0.15, 0.2) is 17.1 Å². The highest BCUT2D eigenvalue weighted by Gasteiger charge is 2.20. The number of hydrogen-bond donors (Lipinski definition) is 2. The average Bonchev–Trinajstić information content (AvgIpc) is 2.65. The zero-order valence-electron chi connectivity index (χ0n) is 14.3. The highest BCUT2D eigenvalue weighted by Crippen LogP contribution is 2.37.